The SMILES string of the molecule is COc1cccc(OC)c1-n1c(CS(=O)(=O)[C@@H](C)[C@@H](OC(C)C)c2cn3ccccc3n2)nnc1-c1cccnc1. The third kappa shape index (κ3) is 5.66. The number of hydrogen-bond acceptors (Lipinski definition) is 9. The van der Waals surface area contributed by atoms with E-state index in [0.717, 1.165) is 0 Å². The number of fused-ring (bicyclic) bond motifs is 1. The van der Waals surface area contributed by atoms with Crippen LogP contribution in [-0.2, 0) is 20.3 Å². The van der Waals surface area contributed by atoms with Crippen LogP contribution in [0.4, 0.5) is 0 Å². The van der Waals surface area contributed by atoms with E-state index in [1.165, 1.54) is 14.2 Å². The third-order valence-electron chi connectivity index (χ3n) is 6.69. The lowest BCUT2D eigenvalue weighted by atomic mass is 10.2. The molecule has 0 saturated heterocycles. The zero-order valence-corrected chi connectivity index (χ0v) is 24.3. The van der Waals surface area contributed by atoms with E-state index in [-0.39, 0.29) is 11.9 Å². The molecule has 0 aliphatic rings. The van der Waals surface area contributed by atoms with Gasteiger partial charge in [-0.1, -0.05) is 12.1 Å². The molecule has 41 heavy (non-hydrogen) atoms. The van der Waals surface area contributed by atoms with Gasteiger partial charge in [0, 0.05) is 30.4 Å². The molecule has 0 bridgehead atoms. The highest BCUT2D eigenvalue weighted by atomic mass is 32.2. The molecule has 11 nitrogen and oxygen atoms in total. The molecule has 4 heterocycles. The van der Waals surface area contributed by atoms with Gasteiger partial charge in [0.15, 0.2) is 21.5 Å². The minimum absolute atomic E-state index is 0.191. The van der Waals surface area contributed by atoms with Crippen molar-refractivity contribution < 1.29 is 22.6 Å². The molecule has 0 radical (unpaired) electrons. The molecule has 2 atom stereocenters. The van der Waals surface area contributed by atoms with Crippen molar-refractivity contribution in [1.82, 2.24) is 29.1 Å². The highest BCUT2D eigenvalue weighted by Gasteiger charge is 2.36. The van der Waals surface area contributed by atoms with Crippen molar-refractivity contribution in [3.8, 4) is 28.6 Å². The minimum Gasteiger partial charge on any atom is -0.494 e. The standard InChI is InChI=1S/C29H32N6O5S/c1-19(2)40-28(22-17-34-15-7-6-13-25(34)31-22)20(3)41(36,37)18-26-32-33-29(21-10-9-14-30-16-21)35(26)27-23(38-4)11-8-12-24(27)39-5/h6-17,19-20,28H,18H2,1-5H3/t20-,28+/m0/s1. The first-order valence-corrected chi connectivity index (χ1v) is 14.8. The smallest absolute Gasteiger partial charge is 0.170 e. The zero-order chi connectivity index (χ0) is 29.1. The lowest BCUT2D eigenvalue weighted by molar-refractivity contribution is 0.00432. The van der Waals surface area contributed by atoms with Crippen LogP contribution in [0.3, 0.4) is 0 Å². The first-order chi connectivity index (χ1) is 19.7. The number of imidazole rings is 1. The molecule has 0 spiro atoms. The molecule has 0 N–H and O–H groups in total. The number of nitrogens with zero attached hydrogens (tertiary/aromatic N) is 6. The zero-order valence-electron chi connectivity index (χ0n) is 23.5. The van der Waals surface area contributed by atoms with Crippen LogP contribution in [-0.4, -0.2) is 63.1 Å². The second kappa shape index (κ2) is 11.7. The number of methoxy groups -OCH3 is 2. The minimum atomic E-state index is -3.88. The molecule has 0 aliphatic carbocycles. The molecule has 12 heteroatoms. The summed E-state index contributed by atoms with van der Waals surface area (Å²) in [5.41, 5.74) is 2.36. The highest BCUT2D eigenvalue weighted by molar-refractivity contribution is 7.91. The van der Waals surface area contributed by atoms with Crippen molar-refractivity contribution in [3.05, 3.63) is 84.8 Å². The predicted molar refractivity (Wildman–Crippen MR) is 154 cm³/mol. The maximum Gasteiger partial charge on any atom is 0.170 e. The summed E-state index contributed by atoms with van der Waals surface area (Å²) in [6.07, 6.45) is 5.91. The lowest BCUT2D eigenvalue weighted by Crippen LogP contribution is -2.31. The van der Waals surface area contributed by atoms with Crippen LogP contribution in [0.1, 0.15) is 38.4 Å². The molecule has 5 rings (SSSR count). The Morgan fingerprint density at radius 3 is 2.32 bits per heavy atom. The largest absolute Gasteiger partial charge is 0.494 e. The Morgan fingerprint density at radius 2 is 1.68 bits per heavy atom. The van der Waals surface area contributed by atoms with Gasteiger partial charge < -0.3 is 18.6 Å². The van der Waals surface area contributed by atoms with Crippen LogP contribution in [0.5, 0.6) is 11.5 Å². The molecular weight excluding hydrogens is 544 g/mol. The van der Waals surface area contributed by atoms with Gasteiger partial charge in [-0.25, -0.2) is 13.4 Å². The average Bonchev–Trinajstić information content (AvgIpc) is 3.59. The lowest BCUT2D eigenvalue weighted by Gasteiger charge is -2.25. The van der Waals surface area contributed by atoms with Gasteiger partial charge in [0.25, 0.3) is 0 Å². The summed E-state index contributed by atoms with van der Waals surface area (Å²) in [7, 11) is -0.807. The summed E-state index contributed by atoms with van der Waals surface area (Å²) in [5, 5.41) is 7.78. The van der Waals surface area contributed by atoms with E-state index < -0.39 is 26.9 Å². The number of para-hydroxylation sites is 1. The molecule has 5 aromatic rings. The maximum atomic E-state index is 14.1. The fourth-order valence-electron chi connectivity index (χ4n) is 4.68. The summed E-state index contributed by atoms with van der Waals surface area (Å²) >= 11 is 0. The van der Waals surface area contributed by atoms with Gasteiger partial charge in [0.1, 0.15) is 34.7 Å². The van der Waals surface area contributed by atoms with E-state index in [1.54, 1.807) is 54.3 Å². The van der Waals surface area contributed by atoms with Crippen molar-refractivity contribution in [2.45, 2.75) is 44.0 Å². The number of sulfone groups is 1. The van der Waals surface area contributed by atoms with Gasteiger partial charge in [0.2, 0.25) is 0 Å². The maximum absolute atomic E-state index is 14.1. The van der Waals surface area contributed by atoms with Crippen LogP contribution in [0.15, 0.2) is 73.3 Å². The Balaban J connectivity index is 1.60. The summed E-state index contributed by atoms with van der Waals surface area (Å²) in [4.78, 5) is 8.87. The first-order valence-electron chi connectivity index (χ1n) is 13.1. The van der Waals surface area contributed by atoms with Crippen molar-refractivity contribution in [2.75, 3.05) is 14.2 Å². The second-order valence-corrected chi connectivity index (χ2v) is 12.1. The Morgan fingerprint density at radius 1 is 0.927 bits per heavy atom. The molecule has 0 fully saturated rings. The van der Waals surface area contributed by atoms with Gasteiger partial charge in [-0.2, -0.15) is 0 Å². The molecule has 0 saturated carbocycles. The summed E-state index contributed by atoms with van der Waals surface area (Å²) < 4.78 is 49.1. The van der Waals surface area contributed by atoms with Crippen LogP contribution in [0, 0.1) is 0 Å². The Hall–Kier alpha value is -4.29. The Kier molecular flexibility index (Phi) is 8.04. The van der Waals surface area contributed by atoms with Crippen LogP contribution < -0.4 is 9.47 Å². The summed E-state index contributed by atoms with van der Waals surface area (Å²) in [6, 6.07) is 14.5. The number of aromatic nitrogens is 6. The average molecular weight is 577 g/mol. The predicted octanol–water partition coefficient (Wildman–Crippen LogP) is 4.46. The van der Waals surface area contributed by atoms with E-state index in [1.807, 2.05) is 48.7 Å². The first kappa shape index (κ1) is 28.2. The van der Waals surface area contributed by atoms with E-state index in [4.69, 9.17) is 14.2 Å². The van der Waals surface area contributed by atoms with Crippen molar-refractivity contribution >= 4 is 15.5 Å². The van der Waals surface area contributed by atoms with Crippen LogP contribution in [0.2, 0.25) is 0 Å². The van der Waals surface area contributed by atoms with E-state index in [0.29, 0.717) is 39.9 Å². The second-order valence-electron chi connectivity index (χ2n) is 9.78. The molecule has 1 aromatic carbocycles. The highest BCUT2D eigenvalue weighted by Crippen LogP contribution is 2.37. The van der Waals surface area contributed by atoms with Gasteiger partial charge in [-0.15, -0.1) is 10.2 Å². The van der Waals surface area contributed by atoms with Crippen molar-refractivity contribution in [3.63, 3.8) is 0 Å². The Labute approximate surface area is 238 Å². The molecule has 0 aliphatic heterocycles. The van der Waals surface area contributed by atoms with Gasteiger partial charge in [0.05, 0.1) is 31.3 Å². The topological polar surface area (TPSA) is 123 Å². The monoisotopic (exact) mass is 576 g/mol. The molecule has 4 aromatic heterocycles. The third-order valence-corrected chi connectivity index (χ3v) is 8.73. The van der Waals surface area contributed by atoms with E-state index >= 15 is 0 Å². The van der Waals surface area contributed by atoms with Gasteiger partial charge >= 0.3 is 0 Å². The number of ether oxygens (including phenoxy) is 3. The van der Waals surface area contributed by atoms with Crippen molar-refractivity contribution in [1.29, 1.82) is 0 Å². The van der Waals surface area contributed by atoms with Crippen LogP contribution in [0.25, 0.3) is 22.7 Å². The summed E-state index contributed by atoms with van der Waals surface area (Å²) in [5.74, 6) is 1.10. The molecule has 0 unspecified atom stereocenters. The molecule has 214 valence electrons. The Bertz CT molecular complexity index is 1690. The fourth-order valence-corrected chi connectivity index (χ4v) is 6.07. The summed E-state index contributed by atoms with van der Waals surface area (Å²) in [6.45, 7) is 5.37. The molecule has 0 amide bonds. The number of benzene rings is 1. The number of rotatable bonds is 11. The number of hydrogen-bond donors (Lipinski definition) is 0. The van der Waals surface area contributed by atoms with E-state index in [2.05, 4.69) is 20.2 Å². The van der Waals surface area contributed by atoms with Crippen LogP contribution >= 0.6 is 0 Å². The fraction of sp³-hybridized carbons (Fsp3) is 0.310. The normalized spacial score (nSPS) is 13.4. The van der Waals surface area contributed by atoms with E-state index in [9.17, 15) is 8.42 Å². The van der Waals surface area contributed by atoms with Gasteiger partial charge in [-0.05, 0) is 57.2 Å². The molecular formula is C29H32N6O5S. The van der Waals surface area contributed by atoms with Gasteiger partial charge in [-0.3, -0.25) is 9.55 Å². The van der Waals surface area contributed by atoms with Crippen molar-refractivity contribution in [2.24, 2.45) is 0 Å². The number of pyridine rings is 2. The quantitative estimate of drug-likeness (QED) is 0.224.